The smallest absolute Gasteiger partial charge is 0.345 e. The van der Waals surface area contributed by atoms with Crippen LogP contribution in [0.4, 0.5) is 14.6 Å². The number of fused-ring (bicyclic) bond motifs is 1. The van der Waals surface area contributed by atoms with Crippen molar-refractivity contribution < 1.29 is 17.9 Å². The molecule has 3 heterocycles. The predicted molar refractivity (Wildman–Crippen MR) is 92.7 cm³/mol. The Hall–Kier alpha value is -1.94. The van der Waals surface area contributed by atoms with Crippen LogP contribution in [0.15, 0.2) is 28.9 Å². The molecule has 0 bridgehead atoms. The summed E-state index contributed by atoms with van der Waals surface area (Å²) in [7, 11) is 0. The van der Waals surface area contributed by atoms with Gasteiger partial charge in [0.2, 0.25) is 5.28 Å². The topological polar surface area (TPSA) is 90.6 Å². The lowest BCUT2D eigenvalue weighted by Crippen LogP contribution is -2.29. The van der Waals surface area contributed by atoms with Gasteiger partial charge in [0, 0.05) is 6.04 Å². The zero-order valence-electron chi connectivity index (χ0n) is 13.3. The molecule has 0 aromatic carbocycles. The first-order chi connectivity index (χ1) is 12.4. The maximum Gasteiger partial charge on any atom is 0.345 e. The Morgan fingerprint density at radius 1 is 1.38 bits per heavy atom. The van der Waals surface area contributed by atoms with E-state index in [1.807, 2.05) is 6.07 Å². The number of ether oxygens (including phenoxy) is 1. The Morgan fingerprint density at radius 3 is 2.88 bits per heavy atom. The zero-order chi connectivity index (χ0) is 18.7. The van der Waals surface area contributed by atoms with Crippen molar-refractivity contribution in [3.8, 4) is 0 Å². The van der Waals surface area contributed by atoms with Crippen LogP contribution in [0, 0.1) is 0 Å². The molecule has 0 amide bonds. The van der Waals surface area contributed by atoms with Crippen molar-refractivity contribution in [1.29, 1.82) is 0 Å². The average Bonchev–Trinajstić information content (AvgIpc) is 3.21. The van der Waals surface area contributed by atoms with Gasteiger partial charge in [0.25, 0.3) is 0 Å². The fourth-order valence-corrected chi connectivity index (χ4v) is 2.86. The minimum Gasteiger partial charge on any atom is -0.467 e. The Bertz CT molecular complexity index is 873. The Labute approximate surface area is 157 Å². The highest BCUT2D eigenvalue weighted by Crippen LogP contribution is 2.27. The molecule has 0 aliphatic rings. The van der Waals surface area contributed by atoms with Crippen LogP contribution < -0.4 is 11.1 Å². The second-order valence-electron chi connectivity index (χ2n) is 5.48. The van der Waals surface area contributed by atoms with E-state index < -0.39 is 12.7 Å². The van der Waals surface area contributed by atoms with E-state index in [4.69, 9.17) is 33.4 Å². The SMILES string of the molecule is N[C@@H](COC(F)F)Cc1cc2c(NCc3ccco3)nc(Cl)nn2c1Cl. The number of nitrogens with two attached hydrogens (primary N) is 1. The number of rotatable bonds is 8. The van der Waals surface area contributed by atoms with Crippen LogP contribution in [0.3, 0.4) is 0 Å². The lowest BCUT2D eigenvalue weighted by atomic mass is 10.1. The predicted octanol–water partition coefficient (Wildman–Crippen LogP) is 3.35. The van der Waals surface area contributed by atoms with Gasteiger partial charge in [0.15, 0.2) is 5.82 Å². The molecule has 0 unspecified atom stereocenters. The van der Waals surface area contributed by atoms with Gasteiger partial charge in [0.1, 0.15) is 16.4 Å². The number of aromatic nitrogens is 3. The highest BCUT2D eigenvalue weighted by molar-refractivity contribution is 6.31. The molecule has 0 spiro atoms. The molecule has 0 fully saturated rings. The molecule has 0 saturated carbocycles. The van der Waals surface area contributed by atoms with Gasteiger partial charge in [0.05, 0.1) is 19.4 Å². The monoisotopic (exact) mass is 405 g/mol. The van der Waals surface area contributed by atoms with Crippen molar-refractivity contribution >= 4 is 34.5 Å². The fraction of sp³-hybridized carbons (Fsp3) is 0.333. The number of halogens is 4. The first-order valence-electron chi connectivity index (χ1n) is 7.59. The number of anilines is 1. The van der Waals surface area contributed by atoms with Gasteiger partial charge in [-0.05, 0) is 41.8 Å². The summed E-state index contributed by atoms with van der Waals surface area (Å²) >= 11 is 12.3. The number of nitrogens with zero attached hydrogens (tertiary/aromatic N) is 3. The third kappa shape index (κ3) is 4.42. The molecule has 3 rings (SSSR count). The maximum absolute atomic E-state index is 12.1. The molecule has 140 valence electrons. The maximum atomic E-state index is 12.1. The molecule has 0 saturated heterocycles. The third-order valence-corrected chi connectivity index (χ3v) is 4.11. The molecular formula is C15H15Cl2F2N5O2. The molecule has 26 heavy (non-hydrogen) atoms. The third-order valence-electron chi connectivity index (χ3n) is 3.55. The zero-order valence-corrected chi connectivity index (χ0v) is 14.8. The largest absolute Gasteiger partial charge is 0.467 e. The van der Waals surface area contributed by atoms with Crippen molar-refractivity contribution in [3.63, 3.8) is 0 Å². The van der Waals surface area contributed by atoms with E-state index in [1.54, 1.807) is 18.4 Å². The standard InChI is InChI=1S/C15H15Cl2F2N5O2/c16-12-8(4-9(20)7-26-15(18)19)5-11-13(22-14(17)23-24(11)12)21-6-10-2-1-3-25-10/h1-3,5,9,15H,4,6-7,20H2,(H,21,22,23)/t9-/m1/s1. The second kappa shape index (κ2) is 8.17. The first-order valence-corrected chi connectivity index (χ1v) is 8.35. The van der Waals surface area contributed by atoms with Gasteiger partial charge in [-0.15, -0.1) is 5.10 Å². The van der Waals surface area contributed by atoms with Gasteiger partial charge in [-0.25, -0.2) is 4.52 Å². The normalized spacial score (nSPS) is 12.8. The van der Waals surface area contributed by atoms with E-state index in [9.17, 15) is 8.78 Å². The van der Waals surface area contributed by atoms with Gasteiger partial charge in [-0.2, -0.15) is 13.8 Å². The summed E-state index contributed by atoms with van der Waals surface area (Å²) in [5, 5.41) is 7.44. The molecule has 0 radical (unpaired) electrons. The van der Waals surface area contributed by atoms with Crippen LogP contribution in [0.1, 0.15) is 11.3 Å². The number of alkyl halides is 2. The molecular weight excluding hydrogens is 391 g/mol. The van der Waals surface area contributed by atoms with Crippen LogP contribution in [0.2, 0.25) is 10.4 Å². The van der Waals surface area contributed by atoms with Crippen molar-refractivity contribution in [2.75, 3.05) is 11.9 Å². The number of hydrogen-bond acceptors (Lipinski definition) is 6. The van der Waals surface area contributed by atoms with Crippen LogP contribution in [-0.4, -0.2) is 33.9 Å². The summed E-state index contributed by atoms with van der Waals surface area (Å²) in [6.07, 6.45) is 1.79. The minimum absolute atomic E-state index is 0.00572. The van der Waals surface area contributed by atoms with Crippen LogP contribution in [-0.2, 0) is 17.7 Å². The van der Waals surface area contributed by atoms with Gasteiger partial charge < -0.3 is 20.2 Å². The van der Waals surface area contributed by atoms with Crippen molar-refractivity contribution in [2.45, 2.75) is 25.6 Å². The van der Waals surface area contributed by atoms with Crippen LogP contribution >= 0.6 is 23.2 Å². The highest BCUT2D eigenvalue weighted by atomic mass is 35.5. The molecule has 0 aliphatic carbocycles. The molecule has 1 atom stereocenters. The molecule has 11 heteroatoms. The van der Waals surface area contributed by atoms with E-state index in [1.165, 1.54) is 4.52 Å². The summed E-state index contributed by atoms with van der Waals surface area (Å²) < 4.78 is 35.2. The second-order valence-corrected chi connectivity index (χ2v) is 6.17. The molecule has 3 N–H and O–H groups in total. The van der Waals surface area contributed by atoms with Crippen LogP contribution in [0.5, 0.6) is 0 Å². The van der Waals surface area contributed by atoms with E-state index in [0.29, 0.717) is 29.2 Å². The van der Waals surface area contributed by atoms with E-state index in [-0.39, 0.29) is 23.5 Å². The Morgan fingerprint density at radius 2 is 2.19 bits per heavy atom. The first kappa shape index (κ1) is 18.8. The van der Waals surface area contributed by atoms with Gasteiger partial charge in [-0.1, -0.05) is 11.6 Å². The number of hydrogen-bond donors (Lipinski definition) is 2. The Kier molecular flexibility index (Phi) is 5.92. The summed E-state index contributed by atoms with van der Waals surface area (Å²) in [5.74, 6) is 1.16. The van der Waals surface area contributed by atoms with E-state index >= 15 is 0 Å². The fourth-order valence-electron chi connectivity index (χ4n) is 2.44. The average molecular weight is 406 g/mol. The summed E-state index contributed by atoms with van der Waals surface area (Å²) in [6, 6.07) is 4.66. The highest BCUT2D eigenvalue weighted by Gasteiger charge is 2.18. The Balaban J connectivity index is 1.83. The number of nitrogens with one attached hydrogen (secondary N) is 1. The van der Waals surface area contributed by atoms with Crippen molar-refractivity contribution in [2.24, 2.45) is 5.73 Å². The van der Waals surface area contributed by atoms with Gasteiger partial charge in [-0.3, -0.25) is 0 Å². The van der Waals surface area contributed by atoms with E-state index in [2.05, 4.69) is 20.1 Å². The lowest BCUT2D eigenvalue weighted by molar-refractivity contribution is -0.131. The van der Waals surface area contributed by atoms with Crippen LogP contribution in [0.25, 0.3) is 5.52 Å². The molecule has 3 aromatic heterocycles. The van der Waals surface area contributed by atoms with Crippen molar-refractivity contribution in [1.82, 2.24) is 14.6 Å². The molecule has 0 aliphatic heterocycles. The summed E-state index contributed by atoms with van der Waals surface area (Å²) in [5.41, 5.74) is 7.01. The quantitative estimate of drug-likeness (QED) is 0.597. The van der Waals surface area contributed by atoms with Crippen molar-refractivity contribution in [3.05, 3.63) is 46.2 Å². The number of furan rings is 1. The summed E-state index contributed by atoms with van der Waals surface area (Å²) in [4.78, 5) is 4.16. The van der Waals surface area contributed by atoms with E-state index in [0.717, 1.165) is 0 Å². The minimum atomic E-state index is -2.87. The summed E-state index contributed by atoms with van der Waals surface area (Å²) in [6.45, 7) is -2.78. The molecule has 3 aromatic rings. The van der Waals surface area contributed by atoms with Gasteiger partial charge >= 0.3 is 6.61 Å². The molecule has 7 nitrogen and oxygen atoms in total. The lowest BCUT2D eigenvalue weighted by Gasteiger charge is -2.10.